The predicted molar refractivity (Wildman–Crippen MR) is 112 cm³/mol. The summed E-state index contributed by atoms with van der Waals surface area (Å²) in [5.41, 5.74) is -0.178. The van der Waals surface area contributed by atoms with E-state index in [1.807, 2.05) is 0 Å². The minimum absolute atomic E-state index is 0.241. The van der Waals surface area contributed by atoms with Crippen LogP contribution in [0.1, 0.15) is 42.6 Å². The molecule has 2 aromatic rings. The second-order valence-corrected chi connectivity index (χ2v) is 8.46. The van der Waals surface area contributed by atoms with Crippen molar-refractivity contribution in [3.8, 4) is 0 Å². The molecule has 9 nitrogen and oxygen atoms in total. The van der Waals surface area contributed by atoms with Crippen molar-refractivity contribution in [2.45, 2.75) is 32.1 Å². The van der Waals surface area contributed by atoms with Crippen LogP contribution in [0.5, 0.6) is 0 Å². The average molecular weight is 421 g/mol. The van der Waals surface area contributed by atoms with Crippen LogP contribution in [0.25, 0.3) is 4.96 Å². The molecule has 4 heterocycles. The van der Waals surface area contributed by atoms with E-state index in [0.717, 1.165) is 44.3 Å². The monoisotopic (exact) mass is 420 g/mol. The summed E-state index contributed by atoms with van der Waals surface area (Å²) in [6, 6.07) is 1.26. The van der Waals surface area contributed by atoms with Crippen LogP contribution < -0.4 is 15.8 Å². The van der Waals surface area contributed by atoms with Gasteiger partial charge in [-0.05, 0) is 38.9 Å². The lowest BCUT2D eigenvalue weighted by Gasteiger charge is -2.25. The van der Waals surface area contributed by atoms with Gasteiger partial charge in [0.15, 0.2) is 0 Å². The van der Waals surface area contributed by atoms with E-state index in [1.54, 1.807) is 0 Å². The molecule has 10 heteroatoms. The highest BCUT2D eigenvalue weighted by Crippen LogP contribution is 2.23. The van der Waals surface area contributed by atoms with Crippen LogP contribution >= 0.6 is 11.3 Å². The van der Waals surface area contributed by atoms with Crippen LogP contribution in [0.15, 0.2) is 10.9 Å². The first-order valence-corrected chi connectivity index (χ1v) is 11.3. The molecule has 0 atom stereocenters. The van der Waals surface area contributed by atoms with Gasteiger partial charge in [-0.2, -0.15) is 9.50 Å². The van der Waals surface area contributed by atoms with Gasteiger partial charge in [0.2, 0.25) is 10.1 Å². The van der Waals surface area contributed by atoms with Gasteiger partial charge in [0.25, 0.3) is 11.5 Å². The summed E-state index contributed by atoms with van der Waals surface area (Å²) >= 11 is 1.32. The highest BCUT2D eigenvalue weighted by atomic mass is 32.1. The zero-order valence-electron chi connectivity index (χ0n) is 16.6. The van der Waals surface area contributed by atoms with Crippen molar-refractivity contribution >= 4 is 27.3 Å². The maximum atomic E-state index is 12.7. The van der Waals surface area contributed by atoms with Crippen molar-refractivity contribution in [3.63, 3.8) is 0 Å². The molecule has 0 bridgehead atoms. The molecule has 0 aromatic carbocycles. The topological polar surface area (TPSA) is 92.1 Å². The molecule has 2 fully saturated rings. The summed E-state index contributed by atoms with van der Waals surface area (Å²) in [5.74, 6) is -0.283. The molecular weight excluding hydrogens is 392 g/mol. The summed E-state index contributed by atoms with van der Waals surface area (Å²) in [6.45, 7) is 6.63. The van der Waals surface area contributed by atoms with Gasteiger partial charge >= 0.3 is 0 Å². The van der Waals surface area contributed by atoms with Crippen molar-refractivity contribution in [1.82, 2.24) is 24.8 Å². The fraction of sp³-hybridized carbons (Fsp3) is 0.684. The number of carbonyl (C=O) groups is 1. The van der Waals surface area contributed by atoms with E-state index < -0.39 is 5.56 Å². The molecule has 158 valence electrons. The highest BCUT2D eigenvalue weighted by molar-refractivity contribution is 7.20. The van der Waals surface area contributed by atoms with E-state index in [2.05, 4.69) is 25.2 Å². The molecule has 29 heavy (non-hydrogen) atoms. The van der Waals surface area contributed by atoms with Crippen LogP contribution in [-0.2, 0) is 4.74 Å². The number of morpholine rings is 1. The molecule has 2 saturated heterocycles. The number of hydrogen-bond donors (Lipinski definition) is 1. The molecule has 2 aromatic heterocycles. The van der Waals surface area contributed by atoms with Crippen molar-refractivity contribution in [3.05, 3.63) is 22.1 Å². The van der Waals surface area contributed by atoms with Gasteiger partial charge < -0.3 is 19.9 Å². The molecular formula is C19H28N6O3S. The third-order valence-corrected chi connectivity index (χ3v) is 6.36. The standard InChI is InChI=1S/C19H28N6O3S/c26-16-14-15(17(27)20-6-5-9-23-7-3-1-2-4-8-23)25-18(21-16)29-19(22-25)24-10-12-28-13-11-24/h14H,1-13H2,(H,20,27). The quantitative estimate of drug-likeness (QED) is 0.697. The van der Waals surface area contributed by atoms with Gasteiger partial charge in [0.05, 0.1) is 13.2 Å². The lowest BCUT2D eigenvalue weighted by Crippen LogP contribution is -2.36. The third-order valence-electron chi connectivity index (χ3n) is 5.39. The summed E-state index contributed by atoms with van der Waals surface area (Å²) in [6.07, 6.45) is 6.06. The highest BCUT2D eigenvalue weighted by Gasteiger charge is 2.20. The Kier molecular flexibility index (Phi) is 6.73. The first-order chi connectivity index (χ1) is 14.2. The lowest BCUT2D eigenvalue weighted by atomic mass is 10.2. The van der Waals surface area contributed by atoms with Crippen LogP contribution in [0.2, 0.25) is 0 Å². The number of fused-ring (bicyclic) bond motifs is 1. The van der Waals surface area contributed by atoms with Crippen molar-refractivity contribution < 1.29 is 9.53 Å². The number of nitrogens with zero attached hydrogens (tertiary/aromatic N) is 5. The second-order valence-electron chi connectivity index (χ2n) is 7.52. The summed E-state index contributed by atoms with van der Waals surface area (Å²) in [7, 11) is 0. The molecule has 1 amide bonds. The maximum Gasteiger partial charge on any atom is 0.274 e. The van der Waals surface area contributed by atoms with Gasteiger partial charge in [0.1, 0.15) is 5.69 Å². The normalized spacial score (nSPS) is 18.7. The molecule has 0 aliphatic carbocycles. The van der Waals surface area contributed by atoms with Crippen LogP contribution in [0, 0.1) is 0 Å². The van der Waals surface area contributed by atoms with Crippen LogP contribution in [-0.4, -0.2) is 77.9 Å². The molecule has 1 N–H and O–H groups in total. The number of carbonyl (C=O) groups excluding carboxylic acids is 1. The number of ether oxygens (including phenoxy) is 1. The summed E-state index contributed by atoms with van der Waals surface area (Å²) in [4.78, 5) is 33.7. The third kappa shape index (κ3) is 5.12. The van der Waals surface area contributed by atoms with E-state index in [4.69, 9.17) is 4.74 Å². The Labute approximate surface area is 173 Å². The summed E-state index contributed by atoms with van der Waals surface area (Å²) in [5, 5.41) is 8.24. The fourth-order valence-corrected chi connectivity index (χ4v) is 4.76. The molecule has 0 unspecified atom stereocenters. The Morgan fingerprint density at radius 1 is 1.14 bits per heavy atom. The predicted octanol–water partition coefficient (Wildman–Crippen LogP) is 0.984. The zero-order valence-corrected chi connectivity index (χ0v) is 17.5. The summed E-state index contributed by atoms with van der Waals surface area (Å²) < 4.78 is 6.86. The Morgan fingerprint density at radius 3 is 2.66 bits per heavy atom. The Morgan fingerprint density at radius 2 is 1.90 bits per heavy atom. The van der Waals surface area contributed by atoms with E-state index in [9.17, 15) is 9.59 Å². The number of anilines is 1. The second kappa shape index (κ2) is 9.64. The van der Waals surface area contributed by atoms with E-state index in [1.165, 1.54) is 47.6 Å². The van der Waals surface area contributed by atoms with Crippen molar-refractivity contribution in [2.24, 2.45) is 0 Å². The van der Waals surface area contributed by atoms with Gasteiger partial charge in [-0.1, -0.05) is 24.2 Å². The Balaban J connectivity index is 1.39. The minimum atomic E-state index is -0.420. The minimum Gasteiger partial charge on any atom is -0.378 e. The number of rotatable bonds is 6. The number of aromatic nitrogens is 3. The molecule has 0 radical (unpaired) electrons. The van der Waals surface area contributed by atoms with E-state index >= 15 is 0 Å². The van der Waals surface area contributed by atoms with Gasteiger partial charge in [-0.15, -0.1) is 5.10 Å². The molecule has 2 aliphatic heterocycles. The van der Waals surface area contributed by atoms with Crippen LogP contribution in [0.4, 0.5) is 5.13 Å². The lowest BCUT2D eigenvalue weighted by molar-refractivity contribution is 0.0943. The SMILES string of the molecule is O=C(NCCCN1CCCCCC1)c1cc(=O)nc2sc(N3CCOCC3)nn12. The first-order valence-electron chi connectivity index (χ1n) is 10.4. The number of hydrogen-bond acceptors (Lipinski definition) is 8. The van der Waals surface area contributed by atoms with Crippen molar-refractivity contribution in [2.75, 3.05) is 57.4 Å². The fourth-order valence-electron chi connectivity index (χ4n) is 3.80. The molecule has 2 aliphatic rings. The molecule has 4 rings (SSSR count). The van der Waals surface area contributed by atoms with Gasteiger partial charge in [-0.3, -0.25) is 9.59 Å². The Hall–Kier alpha value is -2.04. The largest absolute Gasteiger partial charge is 0.378 e. The van der Waals surface area contributed by atoms with Gasteiger partial charge in [-0.25, -0.2) is 0 Å². The smallest absolute Gasteiger partial charge is 0.274 e. The molecule has 0 spiro atoms. The van der Waals surface area contributed by atoms with E-state index in [0.29, 0.717) is 24.7 Å². The van der Waals surface area contributed by atoms with Crippen LogP contribution in [0.3, 0.4) is 0 Å². The van der Waals surface area contributed by atoms with Gasteiger partial charge in [0, 0.05) is 25.7 Å². The Bertz CT molecular complexity index is 884. The molecule has 0 saturated carbocycles. The maximum absolute atomic E-state index is 12.7. The number of amides is 1. The van der Waals surface area contributed by atoms with E-state index in [-0.39, 0.29) is 11.6 Å². The number of nitrogens with one attached hydrogen (secondary N) is 1. The zero-order chi connectivity index (χ0) is 20.1. The number of likely N-dealkylation sites (tertiary alicyclic amines) is 1. The van der Waals surface area contributed by atoms with Crippen molar-refractivity contribution in [1.29, 1.82) is 0 Å². The first kappa shape index (κ1) is 20.2. The average Bonchev–Trinajstić information content (AvgIpc) is 2.99.